The highest BCUT2D eigenvalue weighted by molar-refractivity contribution is 7.89. The molecule has 2 heterocycles. The fourth-order valence-electron chi connectivity index (χ4n) is 3.16. The Balaban J connectivity index is 1.60. The molecule has 2 aromatic heterocycles. The van der Waals surface area contributed by atoms with Crippen molar-refractivity contribution in [3.05, 3.63) is 89.4 Å². The van der Waals surface area contributed by atoms with Crippen LogP contribution < -0.4 is 10.5 Å². The zero-order valence-electron chi connectivity index (χ0n) is 17.1. The summed E-state index contributed by atoms with van der Waals surface area (Å²) in [5, 5.41) is 14.6. The van der Waals surface area contributed by atoms with Gasteiger partial charge in [-0.1, -0.05) is 30.3 Å². The fourth-order valence-corrected chi connectivity index (χ4v) is 4.70. The number of primary sulfonamides is 1. The number of hydrogen-bond donors (Lipinski definition) is 2. The second kappa shape index (κ2) is 8.91. The van der Waals surface area contributed by atoms with Gasteiger partial charge in [-0.25, -0.2) is 18.2 Å². The molecule has 0 aliphatic rings. The van der Waals surface area contributed by atoms with E-state index in [-0.39, 0.29) is 4.90 Å². The number of benzene rings is 2. The molecular formula is C23H20N4O3S2. The molecule has 9 heteroatoms. The van der Waals surface area contributed by atoms with Crippen LogP contribution in [-0.4, -0.2) is 24.1 Å². The van der Waals surface area contributed by atoms with Crippen molar-refractivity contribution in [3.8, 4) is 16.3 Å². The Hall–Kier alpha value is -3.53. The lowest BCUT2D eigenvalue weighted by Crippen LogP contribution is -2.15. The molecule has 0 atom stereocenters. The smallest absolute Gasteiger partial charge is 0.248 e. The number of nitrogens with two attached hydrogens (primary N) is 1. The lowest BCUT2D eigenvalue weighted by atomic mass is 10.2. The highest BCUT2D eigenvalue weighted by Crippen LogP contribution is 2.28. The third-order valence-corrected chi connectivity index (χ3v) is 6.62. The molecule has 0 aliphatic carbocycles. The highest BCUT2D eigenvalue weighted by atomic mass is 32.2. The number of carbonyl (C=O) groups is 1. The molecule has 162 valence electrons. The number of nitrogens with zero attached hydrogens (tertiary/aromatic N) is 2. The lowest BCUT2D eigenvalue weighted by molar-refractivity contribution is -0.111. The first-order valence-electron chi connectivity index (χ1n) is 9.63. The molecule has 1 amide bonds. The number of aryl methyl sites for hydroxylation is 1. The van der Waals surface area contributed by atoms with Gasteiger partial charge in [0.25, 0.3) is 0 Å². The third kappa shape index (κ3) is 4.86. The minimum Gasteiger partial charge on any atom is -0.322 e. The first kappa shape index (κ1) is 21.7. The van der Waals surface area contributed by atoms with Crippen LogP contribution in [0.15, 0.2) is 83.2 Å². The summed E-state index contributed by atoms with van der Waals surface area (Å²) in [6.07, 6.45) is 4.94. The summed E-state index contributed by atoms with van der Waals surface area (Å²) >= 11 is 1.56. The first-order chi connectivity index (χ1) is 15.3. The van der Waals surface area contributed by atoms with E-state index >= 15 is 0 Å². The Morgan fingerprint density at radius 3 is 2.59 bits per heavy atom. The van der Waals surface area contributed by atoms with Crippen LogP contribution in [0.5, 0.6) is 0 Å². The Morgan fingerprint density at radius 2 is 1.91 bits per heavy atom. The van der Waals surface area contributed by atoms with Crippen LogP contribution in [0.1, 0.15) is 11.1 Å². The van der Waals surface area contributed by atoms with E-state index in [0.717, 1.165) is 21.8 Å². The van der Waals surface area contributed by atoms with E-state index in [0.29, 0.717) is 11.3 Å². The molecule has 2 aromatic carbocycles. The van der Waals surface area contributed by atoms with Crippen LogP contribution in [0.3, 0.4) is 0 Å². The van der Waals surface area contributed by atoms with Crippen molar-refractivity contribution in [2.75, 3.05) is 5.32 Å². The van der Waals surface area contributed by atoms with Gasteiger partial charge in [-0.3, -0.25) is 4.79 Å². The average molecular weight is 465 g/mol. The van der Waals surface area contributed by atoms with E-state index < -0.39 is 15.9 Å². The van der Waals surface area contributed by atoms with E-state index in [2.05, 4.69) is 5.32 Å². The van der Waals surface area contributed by atoms with Crippen molar-refractivity contribution < 1.29 is 13.2 Å². The van der Waals surface area contributed by atoms with Gasteiger partial charge >= 0.3 is 0 Å². The van der Waals surface area contributed by atoms with Crippen molar-refractivity contribution in [3.63, 3.8) is 0 Å². The number of nitrogens with one attached hydrogen (secondary N) is 1. The highest BCUT2D eigenvalue weighted by Gasteiger charge is 2.14. The number of sulfonamides is 1. The quantitative estimate of drug-likeness (QED) is 0.417. The van der Waals surface area contributed by atoms with E-state index in [1.165, 1.54) is 12.1 Å². The number of aromatic nitrogens is 2. The Labute approximate surface area is 189 Å². The molecule has 0 saturated heterocycles. The molecular weight excluding hydrogens is 444 g/mol. The molecule has 0 unspecified atom stereocenters. The topological polar surface area (TPSA) is 107 Å². The van der Waals surface area contributed by atoms with Gasteiger partial charge in [0, 0.05) is 23.5 Å². The van der Waals surface area contributed by atoms with E-state index in [1.807, 2.05) is 54.0 Å². The molecule has 0 spiro atoms. The third-order valence-electron chi connectivity index (χ3n) is 4.69. The maximum Gasteiger partial charge on any atom is 0.248 e. The van der Waals surface area contributed by atoms with E-state index in [1.54, 1.807) is 41.2 Å². The predicted octanol–water partition coefficient (Wildman–Crippen LogP) is 4.21. The average Bonchev–Trinajstić information content (AvgIpc) is 3.43. The normalized spacial score (nSPS) is 11.7. The summed E-state index contributed by atoms with van der Waals surface area (Å²) in [4.78, 5) is 13.5. The Kier molecular flexibility index (Phi) is 6.04. The maximum atomic E-state index is 12.5. The molecule has 0 radical (unpaired) electrons. The van der Waals surface area contributed by atoms with Crippen LogP contribution >= 0.6 is 11.3 Å². The fraction of sp³-hybridized carbons (Fsp3) is 0.0435. The zero-order valence-corrected chi connectivity index (χ0v) is 18.7. The second-order valence-corrected chi connectivity index (χ2v) is 9.52. The van der Waals surface area contributed by atoms with Gasteiger partial charge in [0.15, 0.2) is 0 Å². The molecule has 32 heavy (non-hydrogen) atoms. The van der Waals surface area contributed by atoms with Crippen molar-refractivity contribution in [1.29, 1.82) is 0 Å². The molecule has 0 aliphatic heterocycles. The van der Waals surface area contributed by atoms with Crippen LogP contribution in [0, 0.1) is 6.92 Å². The summed E-state index contributed by atoms with van der Waals surface area (Å²) in [5.41, 5.74) is 3.30. The van der Waals surface area contributed by atoms with Crippen molar-refractivity contribution in [2.24, 2.45) is 5.14 Å². The largest absolute Gasteiger partial charge is 0.322 e. The predicted molar refractivity (Wildman–Crippen MR) is 127 cm³/mol. The van der Waals surface area contributed by atoms with Gasteiger partial charge in [-0.05, 0) is 54.3 Å². The number of thiophene rings is 1. The SMILES string of the molecule is Cc1ccc(NC(=O)/C=C/c2cn(-c3ccccc3)nc2-c2cccs2)cc1S(N)(=O)=O. The summed E-state index contributed by atoms with van der Waals surface area (Å²) in [7, 11) is -3.88. The van der Waals surface area contributed by atoms with Crippen LogP contribution in [0.4, 0.5) is 5.69 Å². The lowest BCUT2D eigenvalue weighted by Gasteiger charge is -2.07. The summed E-state index contributed by atoms with van der Waals surface area (Å²) in [6, 6.07) is 18.2. The standard InChI is InChI=1S/C23H20N4O3S2/c1-16-9-11-18(14-21(16)32(24,29)30)25-22(28)12-10-17-15-27(19-6-3-2-4-7-19)26-23(17)20-8-5-13-31-20/h2-15H,1H3,(H,25,28)(H2,24,29,30)/b12-10+. The summed E-state index contributed by atoms with van der Waals surface area (Å²) < 4.78 is 25.2. The number of para-hydroxylation sites is 1. The van der Waals surface area contributed by atoms with Crippen molar-refractivity contribution >= 4 is 39.0 Å². The molecule has 0 fully saturated rings. The monoisotopic (exact) mass is 464 g/mol. The second-order valence-electron chi connectivity index (χ2n) is 7.04. The van der Waals surface area contributed by atoms with Crippen molar-refractivity contribution in [1.82, 2.24) is 9.78 Å². The molecule has 7 nitrogen and oxygen atoms in total. The minimum absolute atomic E-state index is 0.0246. The van der Waals surface area contributed by atoms with Gasteiger partial charge < -0.3 is 5.32 Å². The molecule has 4 rings (SSSR count). The zero-order chi connectivity index (χ0) is 22.7. The molecule has 4 aromatic rings. The number of anilines is 1. The molecule has 3 N–H and O–H groups in total. The van der Waals surface area contributed by atoms with Gasteiger partial charge in [0.1, 0.15) is 5.69 Å². The number of hydrogen-bond acceptors (Lipinski definition) is 5. The molecule has 0 bridgehead atoms. The number of rotatable bonds is 6. The number of amides is 1. The van der Waals surface area contributed by atoms with Crippen LogP contribution in [0.25, 0.3) is 22.3 Å². The Morgan fingerprint density at radius 1 is 1.12 bits per heavy atom. The van der Waals surface area contributed by atoms with Crippen LogP contribution in [0.2, 0.25) is 0 Å². The number of carbonyl (C=O) groups excluding carboxylic acids is 1. The summed E-state index contributed by atoms with van der Waals surface area (Å²) in [6.45, 7) is 1.64. The van der Waals surface area contributed by atoms with Gasteiger partial charge in [-0.15, -0.1) is 11.3 Å². The van der Waals surface area contributed by atoms with E-state index in [9.17, 15) is 13.2 Å². The van der Waals surface area contributed by atoms with Crippen molar-refractivity contribution in [2.45, 2.75) is 11.8 Å². The summed E-state index contributed by atoms with van der Waals surface area (Å²) in [5.74, 6) is -0.404. The Bertz CT molecular complexity index is 1390. The van der Waals surface area contributed by atoms with Crippen LogP contribution in [-0.2, 0) is 14.8 Å². The molecule has 0 saturated carbocycles. The first-order valence-corrected chi connectivity index (χ1v) is 12.1. The minimum atomic E-state index is -3.88. The van der Waals surface area contributed by atoms with E-state index in [4.69, 9.17) is 10.2 Å². The van der Waals surface area contributed by atoms with Gasteiger partial charge in [-0.2, -0.15) is 5.10 Å². The van der Waals surface area contributed by atoms with Gasteiger partial charge in [0.2, 0.25) is 15.9 Å². The maximum absolute atomic E-state index is 12.5. The van der Waals surface area contributed by atoms with Gasteiger partial charge in [0.05, 0.1) is 15.5 Å².